The summed E-state index contributed by atoms with van der Waals surface area (Å²) in [5, 5.41) is 25.9. The maximum absolute atomic E-state index is 13.7. The van der Waals surface area contributed by atoms with Crippen molar-refractivity contribution in [1.82, 2.24) is 19.4 Å². The Morgan fingerprint density at radius 3 is 2.51 bits per heavy atom. The largest absolute Gasteiger partial charge is 0.374 e. The van der Waals surface area contributed by atoms with Crippen LogP contribution in [0, 0.1) is 23.7 Å². The predicted octanol–water partition coefficient (Wildman–Crippen LogP) is 2.88. The molecule has 1 aromatic carbocycles. The smallest absolute Gasteiger partial charge is 0.331 e. The molecule has 0 unspecified atom stereocenters. The zero-order valence-corrected chi connectivity index (χ0v) is 22.3. The van der Waals surface area contributed by atoms with Gasteiger partial charge in [-0.2, -0.15) is 0 Å². The van der Waals surface area contributed by atoms with Crippen molar-refractivity contribution in [3.63, 3.8) is 0 Å². The zero-order valence-electron chi connectivity index (χ0n) is 22.3. The first-order valence-electron chi connectivity index (χ1n) is 13.5. The number of fused-ring (bicyclic) bond motifs is 1. The van der Waals surface area contributed by atoms with Gasteiger partial charge in [0.05, 0.1) is 11.0 Å². The minimum atomic E-state index is -0.927. The average Bonchev–Trinajstić information content (AvgIpc) is 3.12. The summed E-state index contributed by atoms with van der Waals surface area (Å²) in [5.41, 5.74) is 7.56. The van der Waals surface area contributed by atoms with Gasteiger partial charge in [-0.15, -0.1) is 0 Å². The highest BCUT2D eigenvalue weighted by Crippen LogP contribution is 2.43. The normalized spacial score (nSPS) is 22.9. The van der Waals surface area contributed by atoms with Crippen molar-refractivity contribution in [1.29, 1.82) is 0 Å². The fourth-order valence-electron chi connectivity index (χ4n) is 6.00. The number of nitrogens with zero attached hydrogens (tertiary/aromatic N) is 3. The molecule has 1 fully saturated rings. The fourth-order valence-corrected chi connectivity index (χ4v) is 6.00. The molecule has 0 radical (unpaired) electrons. The number of aliphatic hydroxyl groups is 2. The van der Waals surface area contributed by atoms with Crippen molar-refractivity contribution in [3.05, 3.63) is 34.2 Å². The lowest BCUT2D eigenvalue weighted by Gasteiger charge is -2.40. The lowest BCUT2D eigenvalue weighted by atomic mass is 9.69. The third-order valence-electron chi connectivity index (χ3n) is 8.04. The number of hydrogen-bond acceptors (Lipinski definition) is 6. The van der Waals surface area contributed by atoms with Gasteiger partial charge in [-0.1, -0.05) is 53.2 Å². The predicted molar refractivity (Wildman–Crippen MR) is 142 cm³/mol. The summed E-state index contributed by atoms with van der Waals surface area (Å²) in [6.45, 7) is 14.9. The SMILES string of the molecule is CCN(CC)CCN[C@@H](O)c1cccc2c1n(CCN)c(=O)n2[C@@H](O)[C@@H]1C[C@H](C)CC[C@H]1C(C)C. The minimum absolute atomic E-state index is 0.00847. The van der Waals surface area contributed by atoms with E-state index < -0.39 is 12.5 Å². The summed E-state index contributed by atoms with van der Waals surface area (Å²) in [7, 11) is 0. The molecule has 0 saturated heterocycles. The number of hydrogen-bond donors (Lipinski definition) is 4. The van der Waals surface area contributed by atoms with Crippen LogP contribution in [0.5, 0.6) is 0 Å². The number of rotatable bonds is 12. The highest BCUT2D eigenvalue weighted by molar-refractivity contribution is 5.80. The second-order valence-electron chi connectivity index (χ2n) is 10.6. The van der Waals surface area contributed by atoms with E-state index in [9.17, 15) is 15.0 Å². The molecule has 35 heavy (non-hydrogen) atoms. The first-order valence-corrected chi connectivity index (χ1v) is 13.5. The molecule has 2 aromatic rings. The van der Waals surface area contributed by atoms with Crippen LogP contribution in [0.1, 0.15) is 71.9 Å². The third-order valence-corrected chi connectivity index (χ3v) is 8.04. The number of imidazole rings is 1. The fraction of sp³-hybridized carbons (Fsp3) is 0.741. The molecular formula is C27H47N5O3. The van der Waals surface area contributed by atoms with Gasteiger partial charge in [0, 0.05) is 37.7 Å². The number of para-hydroxylation sites is 1. The van der Waals surface area contributed by atoms with Crippen LogP contribution < -0.4 is 16.7 Å². The van der Waals surface area contributed by atoms with Crippen LogP contribution in [0.4, 0.5) is 0 Å². The molecule has 8 heteroatoms. The number of aromatic nitrogens is 2. The van der Waals surface area contributed by atoms with Crippen LogP contribution >= 0.6 is 0 Å². The van der Waals surface area contributed by atoms with Crippen molar-refractivity contribution in [2.45, 2.75) is 72.9 Å². The molecule has 1 heterocycles. The minimum Gasteiger partial charge on any atom is -0.374 e. The summed E-state index contributed by atoms with van der Waals surface area (Å²) in [5.74, 6) is 1.32. The first-order chi connectivity index (χ1) is 16.7. The molecule has 0 aliphatic heterocycles. The van der Waals surface area contributed by atoms with Gasteiger partial charge in [-0.25, -0.2) is 4.79 Å². The van der Waals surface area contributed by atoms with Gasteiger partial charge >= 0.3 is 5.69 Å². The highest BCUT2D eigenvalue weighted by Gasteiger charge is 2.37. The molecule has 1 aliphatic rings. The second kappa shape index (κ2) is 12.5. The topological polar surface area (TPSA) is 109 Å². The molecule has 1 aliphatic carbocycles. The Morgan fingerprint density at radius 2 is 1.89 bits per heavy atom. The van der Waals surface area contributed by atoms with E-state index in [1.165, 1.54) is 0 Å². The maximum atomic E-state index is 13.7. The standard InChI is InChI=1S/C27H47N5O3/c1-6-30(7-2)16-14-29-25(33)21-9-8-10-23-24(21)31(15-13-28)27(35)32(23)26(34)22-17-19(5)11-12-20(22)18(3)4/h8-10,18-20,22,25-26,29,33-34H,6-7,11-17,28H2,1-5H3/t19-,20+,22-,25+,26+/m1/s1. The Hall–Kier alpha value is -1.71. The summed E-state index contributed by atoms with van der Waals surface area (Å²) >= 11 is 0. The van der Waals surface area contributed by atoms with Gasteiger partial charge in [0.1, 0.15) is 12.5 Å². The van der Waals surface area contributed by atoms with Crippen LogP contribution in [0.15, 0.2) is 23.0 Å². The lowest BCUT2D eigenvalue weighted by Crippen LogP contribution is -2.38. The Labute approximate surface area is 210 Å². The number of aliphatic hydroxyl groups excluding tert-OH is 2. The average molecular weight is 490 g/mol. The van der Waals surface area contributed by atoms with Crippen molar-refractivity contribution in [2.75, 3.05) is 32.7 Å². The summed E-state index contributed by atoms with van der Waals surface area (Å²) in [6, 6.07) is 5.57. The molecule has 1 saturated carbocycles. The quantitative estimate of drug-likeness (QED) is 0.342. The second-order valence-corrected chi connectivity index (χ2v) is 10.6. The number of likely N-dealkylation sites (N-methyl/N-ethyl adjacent to an activating group) is 1. The van der Waals surface area contributed by atoms with Gasteiger partial charge in [0.15, 0.2) is 0 Å². The van der Waals surface area contributed by atoms with E-state index in [1.807, 2.05) is 18.2 Å². The van der Waals surface area contributed by atoms with E-state index in [0.29, 0.717) is 54.0 Å². The van der Waals surface area contributed by atoms with E-state index in [0.717, 1.165) is 38.9 Å². The van der Waals surface area contributed by atoms with E-state index >= 15 is 0 Å². The van der Waals surface area contributed by atoms with Crippen molar-refractivity contribution < 1.29 is 10.2 Å². The molecule has 198 valence electrons. The van der Waals surface area contributed by atoms with Crippen LogP contribution in [-0.2, 0) is 6.54 Å². The van der Waals surface area contributed by atoms with Crippen molar-refractivity contribution in [2.24, 2.45) is 29.4 Å². The number of benzene rings is 1. The van der Waals surface area contributed by atoms with Gasteiger partial charge in [-0.3, -0.25) is 14.5 Å². The van der Waals surface area contributed by atoms with Crippen LogP contribution in [0.3, 0.4) is 0 Å². The molecule has 0 bridgehead atoms. The van der Waals surface area contributed by atoms with Crippen LogP contribution in [0.25, 0.3) is 11.0 Å². The summed E-state index contributed by atoms with van der Waals surface area (Å²) in [4.78, 5) is 16.0. The molecule has 8 nitrogen and oxygen atoms in total. The van der Waals surface area contributed by atoms with Gasteiger partial charge in [-0.05, 0) is 49.8 Å². The summed E-state index contributed by atoms with van der Waals surface area (Å²) < 4.78 is 3.18. The van der Waals surface area contributed by atoms with Gasteiger partial charge in [0.25, 0.3) is 0 Å². The Balaban J connectivity index is 2.01. The molecule has 0 amide bonds. The lowest BCUT2D eigenvalue weighted by molar-refractivity contribution is -0.0297. The van der Waals surface area contributed by atoms with E-state index in [2.05, 4.69) is 44.8 Å². The Morgan fingerprint density at radius 1 is 1.17 bits per heavy atom. The maximum Gasteiger partial charge on any atom is 0.331 e. The van der Waals surface area contributed by atoms with E-state index in [1.54, 1.807) is 9.13 Å². The van der Waals surface area contributed by atoms with Crippen molar-refractivity contribution in [3.8, 4) is 0 Å². The molecule has 5 atom stereocenters. The highest BCUT2D eigenvalue weighted by atomic mass is 16.3. The van der Waals surface area contributed by atoms with Crippen LogP contribution in [0.2, 0.25) is 0 Å². The van der Waals surface area contributed by atoms with Gasteiger partial charge < -0.3 is 20.8 Å². The molecule has 5 N–H and O–H groups in total. The van der Waals surface area contributed by atoms with Crippen molar-refractivity contribution >= 4 is 11.0 Å². The molecule has 1 aromatic heterocycles. The third kappa shape index (κ3) is 6.00. The molecule has 0 spiro atoms. The van der Waals surface area contributed by atoms with Crippen LogP contribution in [-0.4, -0.2) is 57.0 Å². The molecular weight excluding hydrogens is 442 g/mol. The Kier molecular flexibility index (Phi) is 9.95. The molecule has 3 rings (SSSR count). The number of nitrogens with one attached hydrogen (secondary N) is 1. The van der Waals surface area contributed by atoms with E-state index in [4.69, 9.17) is 5.73 Å². The monoisotopic (exact) mass is 489 g/mol. The Bertz CT molecular complexity index is 997. The zero-order chi connectivity index (χ0) is 25.7. The first kappa shape index (κ1) is 27.9. The summed E-state index contributed by atoms with van der Waals surface area (Å²) in [6.07, 6.45) is 1.28. The van der Waals surface area contributed by atoms with E-state index in [-0.39, 0.29) is 11.6 Å². The van der Waals surface area contributed by atoms with Gasteiger partial charge in [0.2, 0.25) is 0 Å². The number of nitrogens with two attached hydrogens (primary N) is 1.